The first-order chi connectivity index (χ1) is 6.22. The lowest BCUT2D eigenvalue weighted by atomic mass is 10.2. The molecule has 0 aromatic heterocycles. The highest BCUT2D eigenvalue weighted by Gasteiger charge is 2.07. The van der Waals surface area contributed by atoms with E-state index in [0.717, 1.165) is 6.54 Å². The molecular formula is C11H26N2. The van der Waals surface area contributed by atoms with Crippen LogP contribution in [-0.2, 0) is 0 Å². The second-order valence-corrected chi connectivity index (χ2v) is 3.93. The number of hydrogen-bond donors (Lipinski definition) is 1. The van der Waals surface area contributed by atoms with Gasteiger partial charge in [-0.05, 0) is 33.5 Å². The molecule has 0 heterocycles. The van der Waals surface area contributed by atoms with E-state index in [0.29, 0.717) is 6.17 Å². The quantitative estimate of drug-likeness (QED) is 0.463. The molecule has 0 spiro atoms. The van der Waals surface area contributed by atoms with Crippen molar-refractivity contribution < 1.29 is 0 Å². The van der Waals surface area contributed by atoms with Crippen LogP contribution in [0.4, 0.5) is 0 Å². The Morgan fingerprint density at radius 2 is 1.77 bits per heavy atom. The van der Waals surface area contributed by atoms with E-state index < -0.39 is 0 Å². The van der Waals surface area contributed by atoms with Crippen LogP contribution in [0, 0.1) is 0 Å². The number of rotatable bonds is 8. The van der Waals surface area contributed by atoms with Gasteiger partial charge in [0.1, 0.15) is 0 Å². The summed E-state index contributed by atoms with van der Waals surface area (Å²) in [6, 6.07) is 0. The van der Waals surface area contributed by atoms with Crippen molar-refractivity contribution in [2.24, 2.45) is 0 Å². The summed E-state index contributed by atoms with van der Waals surface area (Å²) in [4.78, 5) is 2.27. The highest BCUT2D eigenvalue weighted by Crippen LogP contribution is 2.00. The SMILES string of the molecule is CCCCCNC(CCC)N(C)C. The minimum Gasteiger partial charge on any atom is -0.302 e. The molecule has 0 aliphatic carbocycles. The predicted octanol–water partition coefficient (Wildman–Crippen LogP) is 2.45. The zero-order valence-electron chi connectivity index (χ0n) is 9.77. The van der Waals surface area contributed by atoms with E-state index in [1.165, 1.54) is 32.1 Å². The molecule has 13 heavy (non-hydrogen) atoms. The molecule has 0 aromatic carbocycles. The molecule has 2 heteroatoms. The van der Waals surface area contributed by atoms with Crippen LogP contribution in [0.25, 0.3) is 0 Å². The van der Waals surface area contributed by atoms with Gasteiger partial charge in [0.2, 0.25) is 0 Å². The van der Waals surface area contributed by atoms with Gasteiger partial charge in [0.25, 0.3) is 0 Å². The van der Waals surface area contributed by atoms with Crippen molar-refractivity contribution in [1.29, 1.82) is 0 Å². The summed E-state index contributed by atoms with van der Waals surface area (Å²) in [7, 11) is 4.29. The Labute approximate surface area is 83.7 Å². The Bertz CT molecular complexity index is 102. The second kappa shape index (κ2) is 8.52. The smallest absolute Gasteiger partial charge is 0.0591 e. The summed E-state index contributed by atoms with van der Waals surface area (Å²) in [6.07, 6.45) is 7.04. The topological polar surface area (TPSA) is 15.3 Å². The third kappa shape index (κ3) is 7.03. The maximum absolute atomic E-state index is 3.58. The molecule has 0 aromatic rings. The largest absolute Gasteiger partial charge is 0.302 e. The first-order valence-corrected chi connectivity index (χ1v) is 5.62. The average molecular weight is 186 g/mol. The number of nitrogens with one attached hydrogen (secondary N) is 1. The molecule has 2 nitrogen and oxygen atoms in total. The molecule has 0 aliphatic rings. The zero-order valence-corrected chi connectivity index (χ0v) is 9.77. The zero-order chi connectivity index (χ0) is 10.1. The first kappa shape index (κ1) is 12.9. The fourth-order valence-electron chi connectivity index (χ4n) is 1.46. The van der Waals surface area contributed by atoms with E-state index in [2.05, 4.69) is 38.2 Å². The Kier molecular flexibility index (Phi) is 8.46. The molecule has 0 rings (SSSR count). The van der Waals surface area contributed by atoms with Gasteiger partial charge >= 0.3 is 0 Å². The predicted molar refractivity (Wildman–Crippen MR) is 59.9 cm³/mol. The Morgan fingerprint density at radius 1 is 1.08 bits per heavy atom. The average Bonchev–Trinajstić information content (AvgIpc) is 2.10. The van der Waals surface area contributed by atoms with E-state index >= 15 is 0 Å². The van der Waals surface area contributed by atoms with E-state index in [1.807, 2.05) is 0 Å². The number of hydrogen-bond acceptors (Lipinski definition) is 2. The van der Waals surface area contributed by atoms with Gasteiger partial charge < -0.3 is 5.32 Å². The van der Waals surface area contributed by atoms with Crippen molar-refractivity contribution in [2.75, 3.05) is 20.6 Å². The van der Waals surface area contributed by atoms with Crippen molar-refractivity contribution in [2.45, 2.75) is 52.1 Å². The van der Waals surface area contributed by atoms with Crippen LogP contribution >= 0.6 is 0 Å². The molecule has 1 unspecified atom stereocenters. The van der Waals surface area contributed by atoms with Gasteiger partial charge in [0.15, 0.2) is 0 Å². The van der Waals surface area contributed by atoms with E-state index in [9.17, 15) is 0 Å². The normalized spacial score (nSPS) is 13.6. The summed E-state index contributed by atoms with van der Waals surface area (Å²) >= 11 is 0. The molecule has 80 valence electrons. The van der Waals surface area contributed by atoms with E-state index in [-0.39, 0.29) is 0 Å². The Morgan fingerprint density at radius 3 is 2.23 bits per heavy atom. The maximum Gasteiger partial charge on any atom is 0.0591 e. The lowest BCUT2D eigenvalue weighted by Crippen LogP contribution is -2.41. The van der Waals surface area contributed by atoms with E-state index in [1.54, 1.807) is 0 Å². The summed E-state index contributed by atoms with van der Waals surface area (Å²) in [5.74, 6) is 0. The molecule has 0 amide bonds. The minimum absolute atomic E-state index is 0.571. The molecule has 0 aliphatic heterocycles. The number of unbranched alkanes of at least 4 members (excludes halogenated alkanes) is 2. The van der Waals surface area contributed by atoms with Gasteiger partial charge in [-0.1, -0.05) is 33.1 Å². The molecular weight excluding hydrogens is 160 g/mol. The van der Waals surface area contributed by atoms with Crippen molar-refractivity contribution in [3.05, 3.63) is 0 Å². The fourth-order valence-corrected chi connectivity index (χ4v) is 1.46. The van der Waals surface area contributed by atoms with Crippen molar-refractivity contribution in [3.63, 3.8) is 0 Å². The molecule has 0 fully saturated rings. The summed E-state index contributed by atoms with van der Waals surface area (Å²) in [6.45, 7) is 5.65. The summed E-state index contributed by atoms with van der Waals surface area (Å²) in [5.41, 5.74) is 0. The van der Waals surface area contributed by atoms with Crippen LogP contribution in [-0.4, -0.2) is 31.7 Å². The van der Waals surface area contributed by atoms with Gasteiger partial charge in [-0.15, -0.1) is 0 Å². The minimum atomic E-state index is 0.571. The Hall–Kier alpha value is -0.0800. The fraction of sp³-hybridized carbons (Fsp3) is 1.00. The Balaban J connectivity index is 3.45. The van der Waals surface area contributed by atoms with Crippen LogP contribution in [0.3, 0.4) is 0 Å². The van der Waals surface area contributed by atoms with Crippen LogP contribution in [0.1, 0.15) is 46.0 Å². The molecule has 0 radical (unpaired) electrons. The molecule has 1 atom stereocenters. The van der Waals surface area contributed by atoms with Crippen molar-refractivity contribution in [3.8, 4) is 0 Å². The third-order valence-electron chi connectivity index (χ3n) is 2.35. The maximum atomic E-state index is 3.58. The lowest BCUT2D eigenvalue weighted by Gasteiger charge is -2.25. The van der Waals surface area contributed by atoms with Crippen molar-refractivity contribution in [1.82, 2.24) is 10.2 Å². The van der Waals surface area contributed by atoms with Crippen molar-refractivity contribution >= 4 is 0 Å². The van der Waals surface area contributed by atoms with Crippen LogP contribution in [0.15, 0.2) is 0 Å². The second-order valence-electron chi connectivity index (χ2n) is 3.93. The summed E-state index contributed by atoms with van der Waals surface area (Å²) in [5, 5.41) is 3.58. The van der Waals surface area contributed by atoms with Gasteiger partial charge in [-0.25, -0.2) is 0 Å². The van der Waals surface area contributed by atoms with E-state index in [4.69, 9.17) is 0 Å². The highest BCUT2D eigenvalue weighted by molar-refractivity contribution is 4.62. The monoisotopic (exact) mass is 186 g/mol. The van der Waals surface area contributed by atoms with Gasteiger partial charge in [-0.2, -0.15) is 0 Å². The summed E-state index contributed by atoms with van der Waals surface area (Å²) < 4.78 is 0. The standard InChI is InChI=1S/C11H26N2/c1-5-7-8-10-12-11(9-6-2)13(3)4/h11-12H,5-10H2,1-4H3. The van der Waals surface area contributed by atoms with Gasteiger partial charge in [0.05, 0.1) is 6.17 Å². The van der Waals surface area contributed by atoms with Gasteiger partial charge in [0, 0.05) is 0 Å². The molecule has 0 saturated heterocycles. The van der Waals surface area contributed by atoms with Crippen LogP contribution in [0.2, 0.25) is 0 Å². The third-order valence-corrected chi connectivity index (χ3v) is 2.35. The van der Waals surface area contributed by atoms with Crippen LogP contribution in [0.5, 0.6) is 0 Å². The lowest BCUT2D eigenvalue weighted by molar-refractivity contribution is 0.230. The van der Waals surface area contributed by atoms with Crippen LogP contribution < -0.4 is 5.32 Å². The highest BCUT2D eigenvalue weighted by atomic mass is 15.2. The number of nitrogens with zero attached hydrogens (tertiary/aromatic N) is 1. The molecule has 1 N–H and O–H groups in total. The van der Waals surface area contributed by atoms with Gasteiger partial charge in [-0.3, -0.25) is 4.90 Å². The molecule has 0 saturated carbocycles. The molecule has 0 bridgehead atoms. The first-order valence-electron chi connectivity index (χ1n) is 5.62.